The highest BCUT2D eigenvalue weighted by atomic mass is 16.5. The second-order valence-corrected chi connectivity index (χ2v) is 3.95. The summed E-state index contributed by atoms with van der Waals surface area (Å²) < 4.78 is 7.07. The van der Waals surface area contributed by atoms with Gasteiger partial charge in [-0.3, -0.25) is 4.79 Å². The van der Waals surface area contributed by atoms with Crippen LogP contribution in [0.5, 0.6) is 5.75 Å². The van der Waals surface area contributed by atoms with E-state index in [0.29, 0.717) is 17.9 Å². The molecule has 18 heavy (non-hydrogen) atoms. The Morgan fingerprint density at radius 3 is 2.89 bits per heavy atom. The molecule has 0 bridgehead atoms. The Balaban J connectivity index is 2.22. The van der Waals surface area contributed by atoms with E-state index in [1.165, 1.54) is 0 Å². The SMILES string of the molecule is CCc1nccn1CC(=O)c1ccccc1OC. The number of benzene rings is 1. The van der Waals surface area contributed by atoms with Crippen LogP contribution >= 0.6 is 0 Å². The molecule has 0 N–H and O–H groups in total. The first kappa shape index (κ1) is 12.4. The normalized spacial score (nSPS) is 10.3. The molecule has 0 saturated carbocycles. The minimum atomic E-state index is 0.0279. The molecule has 1 aromatic heterocycles. The van der Waals surface area contributed by atoms with Crippen molar-refractivity contribution in [1.29, 1.82) is 0 Å². The first-order valence-electron chi connectivity index (χ1n) is 5.92. The summed E-state index contributed by atoms with van der Waals surface area (Å²) in [7, 11) is 1.57. The van der Waals surface area contributed by atoms with Gasteiger partial charge in [-0.1, -0.05) is 19.1 Å². The van der Waals surface area contributed by atoms with Gasteiger partial charge in [0.1, 0.15) is 11.6 Å². The van der Waals surface area contributed by atoms with Gasteiger partial charge in [-0.15, -0.1) is 0 Å². The Morgan fingerprint density at radius 1 is 1.39 bits per heavy atom. The molecule has 0 spiro atoms. The van der Waals surface area contributed by atoms with Crippen LogP contribution in [0.15, 0.2) is 36.7 Å². The first-order valence-corrected chi connectivity index (χ1v) is 5.92. The number of imidazole rings is 1. The number of nitrogens with zero attached hydrogens (tertiary/aromatic N) is 2. The van der Waals surface area contributed by atoms with Crippen molar-refractivity contribution in [3.8, 4) is 5.75 Å². The number of methoxy groups -OCH3 is 1. The highest BCUT2D eigenvalue weighted by molar-refractivity contribution is 5.98. The zero-order valence-electron chi connectivity index (χ0n) is 10.6. The van der Waals surface area contributed by atoms with E-state index in [0.717, 1.165) is 12.2 Å². The molecule has 1 heterocycles. The van der Waals surface area contributed by atoms with Gasteiger partial charge in [0, 0.05) is 18.8 Å². The van der Waals surface area contributed by atoms with Crippen LogP contribution in [0.1, 0.15) is 23.1 Å². The van der Waals surface area contributed by atoms with Crippen LogP contribution in [0.2, 0.25) is 0 Å². The first-order chi connectivity index (χ1) is 8.76. The number of rotatable bonds is 5. The topological polar surface area (TPSA) is 44.1 Å². The van der Waals surface area contributed by atoms with Crippen LogP contribution in [0.25, 0.3) is 0 Å². The Hall–Kier alpha value is -2.10. The summed E-state index contributed by atoms with van der Waals surface area (Å²) in [5, 5.41) is 0. The van der Waals surface area contributed by atoms with Crippen molar-refractivity contribution < 1.29 is 9.53 Å². The van der Waals surface area contributed by atoms with Crippen molar-refractivity contribution in [1.82, 2.24) is 9.55 Å². The van der Waals surface area contributed by atoms with E-state index in [1.54, 1.807) is 25.4 Å². The number of ether oxygens (including phenoxy) is 1. The zero-order chi connectivity index (χ0) is 13.0. The van der Waals surface area contributed by atoms with Gasteiger partial charge >= 0.3 is 0 Å². The average Bonchev–Trinajstić information content (AvgIpc) is 2.85. The molecule has 2 aromatic rings. The lowest BCUT2D eigenvalue weighted by molar-refractivity contribution is 0.0968. The van der Waals surface area contributed by atoms with Crippen molar-refractivity contribution >= 4 is 5.78 Å². The molecule has 0 saturated heterocycles. The molecule has 0 aliphatic carbocycles. The third-order valence-corrected chi connectivity index (χ3v) is 2.84. The van der Waals surface area contributed by atoms with Gasteiger partial charge in [0.25, 0.3) is 0 Å². The summed E-state index contributed by atoms with van der Waals surface area (Å²) in [6.45, 7) is 2.32. The average molecular weight is 244 g/mol. The fraction of sp³-hybridized carbons (Fsp3) is 0.286. The van der Waals surface area contributed by atoms with Crippen LogP contribution < -0.4 is 4.74 Å². The van der Waals surface area contributed by atoms with Crippen molar-refractivity contribution in [2.24, 2.45) is 0 Å². The Morgan fingerprint density at radius 2 is 2.17 bits per heavy atom. The molecular weight excluding hydrogens is 228 g/mol. The number of hydrogen-bond donors (Lipinski definition) is 0. The maximum absolute atomic E-state index is 12.2. The fourth-order valence-electron chi connectivity index (χ4n) is 1.91. The number of aryl methyl sites for hydroxylation is 1. The molecule has 4 heteroatoms. The maximum atomic E-state index is 12.2. The smallest absolute Gasteiger partial charge is 0.186 e. The molecule has 1 aromatic carbocycles. The number of Topliss-reactive ketones (excluding diaryl/α,β-unsaturated/α-hetero) is 1. The number of ketones is 1. The minimum absolute atomic E-state index is 0.0279. The van der Waals surface area contributed by atoms with Gasteiger partial charge in [0.15, 0.2) is 5.78 Å². The van der Waals surface area contributed by atoms with Gasteiger partial charge in [-0.2, -0.15) is 0 Å². The summed E-state index contributed by atoms with van der Waals surface area (Å²) in [5.41, 5.74) is 0.607. The van der Waals surface area contributed by atoms with Gasteiger partial charge in [-0.25, -0.2) is 4.98 Å². The zero-order valence-corrected chi connectivity index (χ0v) is 10.6. The lowest BCUT2D eigenvalue weighted by Crippen LogP contribution is -2.13. The predicted molar refractivity (Wildman–Crippen MR) is 68.9 cm³/mol. The molecule has 0 aliphatic heterocycles. The van der Waals surface area contributed by atoms with Crippen LogP contribution in [-0.2, 0) is 13.0 Å². The second kappa shape index (κ2) is 5.49. The van der Waals surface area contributed by atoms with E-state index in [1.807, 2.05) is 29.8 Å². The third-order valence-electron chi connectivity index (χ3n) is 2.84. The summed E-state index contributed by atoms with van der Waals surface area (Å²) in [5.74, 6) is 1.55. The van der Waals surface area contributed by atoms with E-state index in [4.69, 9.17) is 4.74 Å². The Labute approximate surface area is 106 Å². The van der Waals surface area contributed by atoms with Gasteiger partial charge in [0.05, 0.1) is 19.2 Å². The number of carbonyl (C=O) groups is 1. The quantitative estimate of drug-likeness (QED) is 0.758. The molecule has 0 unspecified atom stereocenters. The number of carbonyl (C=O) groups excluding carboxylic acids is 1. The molecule has 94 valence electrons. The standard InChI is InChI=1S/C14H16N2O2/c1-3-14-15-8-9-16(14)10-12(17)11-6-4-5-7-13(11)18-2/h4-9H,3,10H2,1-2H3. The second-order valence-electron chi connectivity index (χ2n) is 3.95. The molecule has 0 fully saturated rings. The molecule has 0 radical (unpaired) electrons. The Kier molecular flexibility index (Phi) is 3.77. The van der Waals surface area contributed by atoms with Crippen LogP contribution in [0, 0.1) is 0 Å². The molecule has 0 atom stereocenters. The lowest BCUT2D eigenvalue weighted by Gasteiger charge is -2.09. The number of hydrogen-bond acceptors (Lipinski definition) is 3. The van der Waals surface area contributed by atoms with Gasteiger partial charge < -0.3 is 9.30 Å². The molecular formula is C14H16N2O2. The van der Waals surface area contributed by atoms with Crippen molar-refractivity contribution in [3.05, 3.63) is 48.0 Å². The van der Waals surface area contributed by atoms with E-state index >= 15 is 0 Å². The summed E-state index contributed by atoms with van der Waals surface area (Å²) in [4.78, 5) is 16.4. The van der Waals surface area contributed by atoms with E-state index in [9.17, 15) is 4.79 Å². The maximum Gasteiger partial charge on any atom is 0.186 e. The number of para-hydroxylation sites is 1. The molecule has 0 amide bonds. The Bertz CT molecular complexity index is 546. The minimum Gasteiger partial charge on any atom is -0.496 e. The van der Waals surface area contributed by atoms with Crippen molar-refractivity contribution in [2.45, 2.75) is 19.9 Å². The van der Waals surface area contributed by atoms with Crippen LogP contribution in [0.3, 0.4) is 0 Å². The largest absolute Gasteiger partial charge is 0.496 e. The highest BCUT2D eigenvalue weighted by Crippen LogP contribution is 2.18. The van der Waals surface area contributed by atoms with E-state index in [2.05, 4.69) is 4.98 Å². The van der Waals surface area contributed by atoms with Crippen LogP contribution in [-0.4, -0.2) is 22.4 Å². The van der Waals surface area contributed by atoms with Crippen LogP contribution in [0.4, 0.5) is 0 Å². The monoisotopic (exact) mass is 244 g/mol. The fourth-order valence-corrected chi connectivity index (χ4v) is 1.91. The summed E-state index contributed by atoms with van der Waals surface area (Å²) in [6.07, 6.45) is 4.35. The lowest BCUT2D eigenvalue weighted by atomic mass is 10.1. The predicted octanol–water partition coefficient (Wildman–Crippen LogP) is 2.34. The van der Waals surface area contributed by atoms with E-state index in [-0.39, 0.29) is 5.78 Å². The van der Waals surface area contributed by atoms with Gasteiger partial charge in [0.2, 0.25) is 0 Å². The summed E-state index contributed by atoms with van der Waals surface area (Å²) in [6, 6.07) is 7.26. The highest BCUT2D eigenvalue weighted by Gasteiger charge is 2.13. The molecule has 4 nitrogen and oxygen atoms in total. The molecule has 0 aliphatic rings. The molecule has 2 rings (SSSR count). The van der Waals surface area contributed by atoms with Gasteiger partial charge in [-0.05, 0) is 12.1 Å². The number of aromatic nitrogens is 2. The van der Waals surface area contributed by atoms with Crippen molar-refractivity contribution in [2.75, 3.05) is 7.11 Å². The third kappa shape index (κ3) is 2.42. The van der Waals surface area contributed by atoms with Crippen molar-refractivity contribution in [3.63, 3.8) is 0 Å². The van der Waals surface area contributed by atoms with E-state index < -0.39 is 0 Å². The summed E-state index contributed by atoms with van der Waals surface area (Å²) >= 11 is 0.